The van der Waals surface area contributed by atoms with Crippen molar-refractivity contribution in [3.8, 4) is 0 Å². The number of aromatic nitrogens is 1. The van der Waals surface area contributed by atoms with Crippen LogP contribution in [0.25, 0.3) is 0 Å². The summed E-state index contributed by atoms with van der Waals surface area (Å²) in [7, 11) is 0. The number of piperazine rings is 1. The van der Waals surface area contributed by atoms with Crippen LogP contribution in [0.5, 0.6) is 0 Å². The molecule has 0 bridgehead atoms. The van der Waals surface area contributed by atoms with Crippen molar-refractivity contribution >= 4 is 11.7 Å². The van der Waals surface area contributed by atoms with Gasteiger partial charge in [0, 0.05) is 31.9 Å². The van der Waals surface area contributed by atoms with E-state index in [-0.39, 0.29) is 0 Å². The van der Waals surface area contributed by atoms with Crippen LogP contribution in [0.15, 0.2) is 18.3 Å². The standard InChI is InChI=1S/C11H16N4O/c1-8-7-13-5-6-15(8)11-9(10(12)16)3-2-4-14-11/h2-4,8,13H,5-7H2,1H3,(H2,12,16)/t8-/m1/s1. The number of anilines is 1. The highest BCUT2D eigenvalue weighted by molar-refractivity contribution is 5.97. The highest BCUT2D eigenvalue weighted by atomic mass is 16.1. The van der Waals surface area contributed by atoms with Gasteiger partial charge in [0.05, 0.1) is 5.56 Å². The van der Waals surface area contributed by atoms with Gasteiger partial charge in [-0.15, -0.1) is 0 Å². The van der Waals surface area contributed by atoms with Gasteiger partial charge in [-0.05, 0) is 19.1 Å². The second-order valence-electron chi connectivity index (χ2n) is 3.99. The van der Waals surface area contributed by atoms with E-state index in [2.05, 4.69) is 22.1 Å². The Morgan fingerprint density at radius 3 is 3.19 bits per heavy atom. The third kappa shape index (κ3) is 1.99. The van der Waals surface area contributed by atoms with Crippen molar-refractivity contribution in [1.29, 1.82) is 0 Å². The van der Waals surface area contributed by atoms with Crippen molar-refractivity contribution in [2.75, 3.05) is 24.5 Å². The lowest BCUT2D eigenvalue weighted by Gasteiger charge is -2.35. The largest absolute Gasteiger partial charge is 0.365 e. The molecule has 0 unspecified atom stereocenters. The maximum atomic E-state index is 11.3. The zero-order valence-electron chi connectivity index (χ0n) is 9.31. The molecule has 5 nitrogen and oxygen atoms in total. The first kappa shape index (κ1) is 10.9. The molecule has 16 heavy (non-hydrogen) atoms. The van der Waals surface area contributed by atoms with Gasteiger partial charge in [-0.2, -0.15) is 0 Å². The summed E-state index contributed by atoms with van der Waals surface area (Å²) in [6.45, 7) is 4.75. The Morgan fingerprint density at radius 2 is 2.50 bits per heavy atom. The Labute approximate surface area is 94.6 Å². The number of nitrogens with two attached hydrogens (primary N) is 1. The van der Waals surface area contributed by atoms with Crippen molar-refractivity contribution in [2.45, 2.75) is 13.0 Å². The van der Waals surface area contributed by atoms with Gasteiger partial charge in [0.2, 0.25) is 0 Å². The van der Waals surface area contributed by atoms with E-state index in [0.717, 1.165) is 19.6 Å². The molecule has 1 amide bonds. The molecule has 1 atom stereocenters. The third-order valence-corrected chi connectivity index (χ3v) is 2.83. The molecule has 1 aromatic rings. The van der Waals surface area contributed by atoms with Crippen molar-refractivity contribution in [1.82, 2.24) is 10.3 Å². The van der Waals surface area contributed by atoms with E-state index in [9.17, 15) is 4.79 Å². The van der Waals surface area contributed by atoms with Crippen LogP contribution in [0, 0.1) is 0 Å². The summed E-state index contributed by atoms with van der Waals surface area (Å²) in [5.41, 5.74) is 5.84. The molecule has 1 aliphatic heterocycles. The van der Waals surface area contributed by atoms with Gasteiger partial charge in [-0.3, -0.25) is 4.79 Å². The highest BCUT2D eigenvalue weighted by Crippen LogP contribution is 2.19. The number of carbonyl (C=O) groups excluding carboxylic acids is 1. The van der Waals surface area contributed by atoms with Crippen LogP contribution in [-0.4, -0.2) is 36.6 Å². The minimum absolute atomic E-state index is 0.321. The summed E-state index contributed by atoms with van der Waals surface area (Å²) >= 11 is 0. The van der Waals surface area contributed by atoms with E-state index in [4.69, 9.17) is 5.73 Å². The molecule has 5 heteroatoms. The van der Waals surface area contributed by atoms with E-state index in [0.29, 0.717) is 17.4 Å². The molecule has 86 valence electrons. The van der Waals surface area contributed by atoms with E-state index in [1.807, 2.05) is 0 Å². The van der Waals surface area contributed by atoms with E-state index in [1.54, 1.807) is 18.3 Å². The van der Waals surface area contributed by atoms with Gasteiger partial charge in [-0.1, -0.05) is 0 Å². The number of nitrogens with zero attached hydrogens (tertiary/aromatic N) is 2. The van der Waals surface area contributed by atoms with Crippen molar-refractivity contribution in [3.05, 3.63) is 23.9 Å². The molecule has 0 spiro atoms. The second-order valence-corrected chi connectivity index (χ2v) is 3.99. The van der Waals surface area contributed by atoms with E-state index in [1.165, 1.54) is 0 Å². The summed E-state index contributed by atoms with van der Waals surface area (Å²) in [6.07, 6.45) is 1.69. The summed E-state index contributed by atoms with van der Waals surface area (Å²) in [5.74, 6) is 0.276. The molecule has 0 aliphatic carbocycles. The van der Waals surface area contributed by atoms with Crippen LogP contribution < -0.4 is 16.0 Å². The minimum atomic E-state index is -0.422. The minimum Gasteiger partial charge on any atom is -0.365 e. The summed E-state index contributed by atoms with van der Waals surface area (Å²) < 4.78 is 0. The van der Waals surface area contributed by atoms with Gasteiger partial charge in [0.1, 0.15) is 5.82 Å². The van der Waals surface area contributed by atoms with E-state index >= 15 is 0 Å². The van der Waals surface area contributed by atoms with Gasteiger partial charge < -0.3 is 16.0 Å². The molecule has 3 N–H and O–H groups in total. The molecule has 1 aromatic heterocycles. The smallest absolute Gasteiger partial charge is 0.252 e. The molecule has 2 rings (SSSR count). The first-order chi connectivity index (χ1) is 7.70. The molecule has 2 heterocycles. The molecule has 1 saturated heterocycles. The van der Waals surface area contributed by atoms with Crippen molar-refractivity contribution in [3.63, 3.8) is 0 Å². The summed E-state index contributed by atoms with van der Waals surface area (Å²) in [4.78, 5) is 17.7. The number of nitrogens with one attached hydrogen (secondary N) is 1. The number of primary amides is 1. The number of hydrogen-bond donors (Lipinski definition) is 2. The monoisotopic (exact) mass is 220 g/mol. The third-order valence-electron chi connectivity index (χ3n) is 2.83. The Hall–Kier alpha value is -1.62. The number of amides is 1. The predicted molar refractivity (Wildman–Crippen MR) is 62.4 cm³/mol. The average molecular weight is 220 g/mol. The van der Waals surface area contributed by atoms with Crippen molar-refractivity contribution < 1.29 is 4.79 Å². The van der Waals surface area contributed by atoms with Crippen molar-refractivity contribution in [2.24, 2.45) is 5.73 Å². The lowest BCUT2D eigenvalue weighted by molar-refractivity contribution is 0.100. The Balaban J connectivity index is 2.34. The second kappa shape index (κ2) is 4.49. The topological polar surface area (TPSA) is 71.2 Å². The maximum absolute atomic E-state index is 11.3. The first-order valence-electron chi connectivity index (χ1n) is 5.42. The van der Waals surface area contributed by atoms with Gasteiger partial charge >= 0.3 is 0 Å². The molecule has 0 saturated carbocycles. The number of pyridine rings is 1. The quantitative estimate of drug-likeness (QED) is 0.734. The van der Waals surface area contributed by atoms with Crippen LogP contribution in [-0.2, 0) is 0 Å². The molecule has 0 radical (unpaired) electrons. The molecular weight excluding hydrogens is 204 g/mol. The summed E-state index contributed by atoms with van der Waals surface area (Å²) in [5, 5.41) is 3.30. The SMILES string of the molecule is C[C@@H]1CNCCN1c1ncccc1C(N)=O. The zero-order chi connectivity index (χ0) is 11.5. The van der Waals surface area contributed by atoms with Crippen LogP contribution in [0.3, 0.4) is 0 Å². The highest BCUT2D eigenvalue weighted by Gasteiger charge is 2.22. The fraction of sp³-hybridized carbons (Fsp3) is 0.455. The van der Waals surface area contributed by atoms with Gasteiger partial charge in [0.25, 0.3) is 5.91 Å². The molecule has 1 aliphatic rings. The number of rotatable bonds is 2. The number of carbonyl (C=O) groups is 1. The molecule has 1 fully saturated rings. The van der Waals surface area contributed by atoms with Crippen LogP contribution in [0.4, 0.5) is 5.82 Å². The van der Waals surface area contributed by atoms with Crippen LogP contribution in [0.2, 0.25) is 0 Å². The lowest BCUT2D eigenvalue weighted by Crippen LogP contribution is -2.50. The average Bonchev–Trinajstić information content (AvgIpc) is 2.29. The molecule has 0 aromatic carbocycles. The lowest BCUT2D eigenvalue weighted by atomic mass is 10.1. The zero-order valence-corrected chi connectivity index (χ0v) is 9.31. The van der Waals surface area contributed by atoms with Crippen LogP contribution in [0.1, 0.15) is 17.3 Å². The fourth-order valence-corrected chi connectivity index (χ4v) is 1.97. The Morgan fingerprint density at radius 1 is 1.69 bits per heavy atom. The van der Waals surface area contributed by atoms with Gasteiger partial charge in [0.15, 0.2) is 0 Å². The fourth-order valence-electron chi connectivity index (χ4n) is 1.97. The summed E-state index contributed by atoms with van der Waals surface area (Å²) in [6, 6.07) is 3.78. The van der Waals surface area contributed by atoms with Crippen LogP contribution >= 0.6 is 0 Å². The Bertz CT molecular complexity index is 393. The van der Waals surface area contributed by atoms with E-state index < -0.39 is 5.91 Å². The predicted octanol–water partition coefficient (Wildman–Crippen LogP) is -0.0214. The normalized spacial score (nSPS) is 20.8. The molecular formula is C11H16N4O. The Kier molecular flexibility index (Phi) is 3.05. The first-order valence-corrected chi connectivity index (χ1v) is 5.42. The number of hydrogen-bond acceptors (Lipinski definition) is 4. The maximum Gasteiger partial charge on any atom is 0.252 e. The van der Waals surface area contributed by atoms with Gasteiger partial charge in [-0.25, -0.2) is 4.98 Å².